The molecule has 1 heterocycles. The normalized spacial score (nSPS) is 17.2. The zero-order valence-electron chi connectivity index (χ0n) is 19.4. The summed E-state index contributed by atoms with van der Waals surface area (Å²) in [6.07, 6.45) is 3.10. The van der Waals surface area contributed by atoms with Gasteiger partial charge in [0.1, 0.15) is 0 Å². The van der Waals surface area contributed by atoms with Crippen molar-refractivity contribution in [2.75, 3.05) is 9.80 Å². The van der Waals surface area contributed by atoms with Crippen molar-refractivity contribution in [1.82, 2.24) is 0 Å². The van der Waals surface area contributed by atoms with E-state index >= 15 is 0 Å². The van der Waals surface area contributed by atoms with Crippen LogP contribution in [-0.2, 0) is 9.59 Å². The van der Waals surface area contributed by atoms with Gasteiger partial charge < -0.3 is 14.9 Å². The molecule has 0 fully saturated rings. The average Bonchev–Trinajstić information content (AvgIpc) is 2.84. The van der Waals surface area contributed by atoms with Crippen LogP contribution >= 0.6 is 11.6 Å². The lowest BCUT2D eigenvalue weighted by molar-refractivity contribution is -0.131. The maximum absolute atomic E-state index is 13.6. The Morgan fingerprint density at radius 1 is 1.00 bits per heavy atom. The van der Waals surface area contributed by atoms with Gasteiger partial charge in [-0.05, 0) is 73.0 Å². The second-order valence-corrected chi connectivity index (χ2v) is 8.93. The maximum atomic E-state index is 13.6. The largest absolute Gasteiger partial charge is 0.478 e. The highest BCUT2D eigenvalue weighted by Crippen LogP contribution is 2.42. The molecule has 2 atom stereocenters. The van der Waals surface area contributed by atoms with E-state index in [0.717, 1.165) is 23.0 Å². The molecular weight excluding hydrogens is 464 g/mol. The molecule has 2 unspecified atom stereocenters. The van der Waals surface area contributed by atoms with Crippen LogP contribution in [0.15, 0.2) is 78.9 Å². The number of hydrogen-bond acceptors (Lipinski definition) is 3. The van der Waals surface area contributed by atoms with E-state index in [-0.39, 0.29) is 23.9 Å². The standard InChI is InChI=1S/C28H25ClN2O4/c1-18-17-26(31(19(2)32)23-14-12-22(29)13-15-23)24-5-3-4-6-25(24)30(18)28(35)21-10-7-20(8-11-21)9-16-27(33)34/h3-16,18,26H,17H2,1-2H3,(H,33,34). The molecule has 6 nitrogen and oxygen atoms in total. The number of aliphatic carboxylic acids is 1. The summed E-state index contributed by atoms with van der Waals surface area (Å²) in [6, 6.07) is 21.2. The first-order valence-corrected chi connectivity index (χ1v) is 11.6. The van der Waals surface area contributed by atoms with Gasteiger partial charge in [0.2, 0.25) is 5.91 Å². The van der Waals surface area contributed by atoms with Gasteiger partial charge in [0.05, 0.1) is 6.04 Å². The Morgan fingerprint density at radius 3 is 2.29 bits per heavy atom. The second-order valence-electron chi connectivity index (χ2n) is 8.49. The molecule has 1 aliphatic heterocycles. The number of carboxylic acid groups (broad SMARTS) is 1. The molecule has 3 aromatic carbocycles. The summed E-state index contributed by atoms with van der Waals surface area (Å²) in [6.45, 7) is 3.52. The van der Waals surface area contributed by atoms with Crippen molar-refractivity contribution in [3.63, 3.8) is 0 Å². The lowest BCUT2D eigenvalue weighted by Crippen LogP contribution is -2.47. The summed E-state index contributed by atoms with van der Waals surface area (Å²) in [5.41, 5.74) is 3.59. The van der Waals surface area contributed by atoms with Gasteiger partial charge in [0, 0.05) is 41.0 Å². The average molecular weight is 489 g/mol. The number of carboxylic acids is 1. The molecule has 35 heavy (non-hydrogen) atoms. The third-order valence-corrected chi connectivity index (χ3v) is 6.36. The van der Waals surface area contributed by atoms with Crippen LogP contribution in [-0.4, -0.2) is 28.9 Å². The topological polar surface area (TPSA) is 77.9 Å². The number of nitrogens with zero attached hydrogens (tertiary/aromatic N) is 2. The van der Waals surface area contributed by atoms with Crippen molar-refractivity contribution < 1.29 is 19.5 Å². The fourth-order valence-electron chi connectivity index (χ4n) is 4.56. The highest BCUT2D eigenvalue weighted by Gasteiger charge is 2.38. The van der Waals surface area contributed by atoms with Gasteiger partial charge in [0.25, 0.3) is 5.91 Å². The summed E-state index contributed by atoms with van der Waals surface area (Å²) in [5, 5.41) is 9.40. The van der Waals surface area contributed by atoms with Crippen molar-refractivity contribution in [2.24, 2.45) is 0 Å². The molecule has 0 bridgehead atoms. The van der Waals surface area contributed by atoms with Crippen LogP contribution in [0.5, 0.6) is 0 Å². The minimum absolute atomic E-state index is 0.0934. The predicted molar refractivity (Wildman–Crippen MR) is 138 cm³/mol. The number of amides is 2. The van der Waals surface area contributed by atoms with Crippen LogP contribution in [0.1, 0.15) is 47.8 Å². The van der Waals surface area contributed by atoms with Gasteiger partial charge in [-0.3, -0.25) is 9.59 Å². The smallest absolute Gasteiger partial charge is 0.328 e. The van der Waals surface area contributed by atoms with Gasteiger partial charge in [0.15, 0.2) is 0 Å². The Bertz CT molecular complexity index is 1290. The van der Waals surface area contributed by atoms with Gasteiger partial charge in [-0.1, -0.05) is 41.9 Å². The van der Waals surface area contributed by atoms with Crippen LogP contribution in [0.3, 0.4) is 0 Å². The van der Waals surface area contributed by atoms with Crippen molar-refractivity contribution >= 4 is 46.8 Å². The zero-order chi connectivity index (χ0) is 25.1. The van der Waals surface area contributed by atoms with E-state index in [2.05, 4.69) is 0 Å². The first-order chi connectivity index (χ1) is 16.8. The van der Waals surface area contributed by atoms with Crippen LogP contribution < -0.4 is 9.80 Å². The Morgan fingerprint density at radius 2 is 1.66 bits per heavy atom. The predicted octanol–water partition coefficient (Wildman–Crippen LogP) is 5.97. The van der Waals surface area contributed by atoms with Crippen molar-refractivity contribution in [3.8, 4) is 0 Å². The van der Waals surface area contributed by atoms with E-state index in [4.69, 9.17) is 16.7 Å². The highest BCUT2D eigenvalue weighted by atomic mass is 35.5. The number of rotatable bonds is 5. The van der Waals surface area contributed by atoms with Crippen molar-refractivity contribution in [2.45, 2.75) is 32.4 Å². The number of hydrogen-bond donors (Lipinski definition) is 1. The van der Waals surface area contributed by atoms with Gasteiger partial charge in [-0.15, -0.1) is 0 Å². The molecule has 0 spiro atoms. The third-order valence-electron chi connectivity index (χ3n) is 6.11. The molecule has 0 aromatic heterocycles. The number of benzene rings is 3. The van der Waals surface area contributed by atoms with Crippen LogP contribution in [0, 0.1) is 0 Å². The molecule has 0 saturated carbocycles. The molecule has 178 valence electrons. The number of anilines is 2. The second kappa shape index (κ2) is 10.2. The Labute approximate surface area is 209 Å². The molecule has 0 aliphatic carbocycles. The SMILES string of the molecule is CC(=O)N(c1ccc(Cl)cc1)C1CC(C)N(C(=O)c2ccc(C=CC(=O)O)cc2)c2ccccc21. The number of fused-ring (bicyclic) bond motifs is 1. The van der Waals surface area contributed by atoms with Gasteiger partial charge >= 0.3 is 5.97 Å². The highest BCUT2D eigenvalue weighted by molar-refractivity contribution is 6.30. The minimum Gasteiger partial charge on any atom is -0.478 e. The fourth-order valence-corrected chi connectivity index (χ4v) is 4.69. The molecule has 7 heteroatoms. The van der Waals surface area contributed by atoms with Crippen LogP contribution in [0.25, 0.3) is 6.08 Å². The molecule has 1 aliphatic rings. The molecule has 0 saturated heterocycles. The molecule has 0 radical (unpaired) electrons. The quantitative estimate of drug-likeness (QED) is 0.449. The Balaban J connectivity index is 1.69. The zero-order valence-corrected chi connectivity index (χ0v) is 20.1. The lowest BCUT2D eigenvalue weighted by Gasteiger charge is -2.43. The maximum Gasteiger partial charge on any atom is 0.328 e. The fraction of sp³-hybridized carbons (Fsp3) is 0.179. The number of halogens is 1. The number of carbonyl (C=O) groups excluding carboxylic acids is 2. The summed E-state index contributed by atoms with van der Waals surface area (Å²) >= 11 is 6.06. The molecule has 2 amide bonds. The van der Waals surface area contributed by atoms with E-state index in [9.17, 15) is 14.4 Å². The van der Waals surface area contributed by atoms with Crippen molar-refractivity contribution in [1.29, 1.82) is 0 Å². The molecule has 1 N–H and O–H groups in total. The number of carbonyl (C=O) groups is 3. The van der Waals surface area contributed by atoms with E-state index in [0.29, 0.717) is 22.6 Å². The Hall–Kier alpha value is -3.90. The van der Waals surface area contributed by atoms with E-state index < -0.39 is 5.97 Å². The van der Waals surface area contributed by atoms with Gasteiger partial charge in [-0.2, -0.15) is 0 Å². The van der Waals surface area contributed by atoms with Gasteiger partial charge in [-0.25, -0.2) is 4.79 Å². The lowest BCUT2D eigenvalue weighted by atomic mass is 9.89. The van der Waals surface area contributed by atoms with E-state index in [1.54, 1.807) is 53.1 Å². The summed E-state index contributed by atoms with van der Waals surface area (Å²) in [5.74, 6) is -1.28. The van der Waals surface area contributed by atoms with E-state index in [1.807, 2.05) is 43.3 Å². The first-order valence-electron chi connectivity index (χ1n) is 11.2. The van der Waals surface area contributed by atoms with Crippen LogP contribution in [0.4, 0.5) is 11.4 Å². The van der Waals surface area contributed by atoms with Crippen molar-refractivity contribution in [3.05, 3.63) is 101 Å². The third kappa shape index (κ3) is 5.12. The molecule has 3 aromatic rings. The number of para-hydroxylation sites is 1. The monoisotopic (exact) mass is 488 g/mol. The summed E-state index contributed by atoms with van der Waals surface area (Å²) < 4.78 is 0. The molecule has 4 rings (SSSR count). The van der Waals surface area contributed by atoms with Crippen LogP contribution in [0.2, 0.25) is 5.02 Å². The summed E-state index contributed by atoms with van der Waals surface area (Å²) in [4.78, 5) is 40.7. The Kier molecular flexibility index (Phi) is 7.03. The summed E-state index contributed by atoms with van der Waals surface area (Å²) in [7, 11) is 0. The van der Waals surface area contributed by atoms with E-state index in [1.165, 1.54) is 6.08 Å². The minimum atomic E-state index is -1.03. The first kappa shape index (κ1) is 24.2. The molecular formula is C28H25ClN2O4.